The summed E-state index contributed by atoms with van der Waals surface area (Å²) in [6.07, 6.45) is 3.65. The van der Waals surface area contributed by atoms with Gasteiger partial charge >= 0.3 is 0 Å². The van der Waals surface area contributed by atoms with Crippen molar-refractivity contribution in [3.63, 3.8) is 0 Å². The smallest absolute Gasteiger partial charge is 0.124 e. The molecular weight excluding hydrogens is 198 g/mol. The maximum atomic E-state index is 7.53. The van der Waals surface area contributed by atoms with Crippen molar-refractivity contribution < 1.29 is 0 Å². The van der Waals surface area contributed by atoms with Gasteiger partial charge in [0.05, 0.1) is 0 Å². The number of nitrogens with zero attached hydrogens (tertiary/aromatic N) is 1. The van der Waals surface area contributed by atoms with E-state index in [4.69, 9.17) is 11.1 Å². The van der Waals surface area contributed by atoms with Crippen LogP contribution in [0.2, 0.25) is 0 Å². The second-order valence-electron chi connectivity index (χ2n) is 4.06. The molecule has 0 heterocycles. The van der Waals surface area contributed by atoms with E-state index in [0.717, 1.165) is 17.8 Å². The molecule has 3 heteroatoms. The number of hydrogen-bond acceptors (Lipinski definition) is 2. The lowest BCUT2D eigenvalue weighted by molar-refractivity contribution is 0.705. The minimum absolute atomic E-state index is 0.137. The Balaban J connectivity index is 2.74. The van der Waals surface area contributed by atoms with Gasteiger partial charge < -0.3 is 10.6 Å². The molecule has 0 bridgehead atoms. The number of nitrogen functional groups attached to an aromatic ring is 1. The molecule has 0 saturated carbocycles. The van der Waals surface area contributed by atoms with E-state index in [1.54, 1.807) is 0 Å². The van der Waals surface area contributed by atoms with Crippen LogP contribution < -0.4 is 10.6 Å². The lowest BCUT2D eigenvalue weighted by Crippen LogP contribution is -2.23. The fraction of sp³-hybridized carbons (Fsp3) is 0.462. The third-order valence-corrected chi connectivity index (χ3v) is 2.70. The summed E-state index contributed by atoms with van der Waals surface area (Å²) in [7, 11) is 2.05. The van der Waals surface area contributed by atoms with Crippen LogP contribution in [0.5, 0.6) is 0 Å². The van der Waals surface area contributed by atoms with Crippen molar-refractivity contribution >= 4 is 11.5 Å². The second kappa shape index (κ2) is 6.16. The molecule has 0 radical (unpaired) electrons. The highest BCUT2D eigenvalue weighted by Crippen LogP contribution is 2.18. The van der Waals surface area contributed by atoms with Crippen molar-refractivity contribution in [2.24, 2.45) is 5.73 Å². The van der Waals surface area contributed by atoms with Gasteiger partial charge in [-0.1, -0.05) is 31.9 Å². The molecule has 16 heavy (non-hydrogen) atoms. The number of anilines is 1. The minimum atomic E-state index is 0.137. The average Bonchev–Trinajstić information content (AvgIpc) is 2.29. The van der Waals surface area contributed by atoms with Crippen molar-refractivity contribution in [2.45, 2.75) is 26.2 Å². The number of benzene rings is 1. The molecular formula is C13H21N3. The molecule has 0 aliphatic heterocycles. The molecule has 0 unspecified atom stereocenters. The molecule has 0 spiro atoms. The summed E-state index contributed by atoms with van der Waals surface area (Å²) in [5.41, 5.74) is 7.43. The number of rotatable bonds is 6. The molecule has 0 aromatic heterocycles. The molecule has 0 amide bonds. The Hall–Kier alpha value is -1.51. The van der Waals surface area contributed by atoms with E-state index in [0.29, 0.717) is 0 Å². The minimum Gasteiger partial charge on any atom is -0.384 e. The lowest BCUT2D eigenvalue weighted by Gasteiger charge is -2.21. The van der Waals surface area contributed by atoms with Gasteiger partial charge in [-0.3, -0.25) is 5.41 Å². The number of amidine groups is 1. The van der Waals surface area contributed by atoms with Crippen LogP contribution in [-0.2, 0) is 0 Å². The van der Waals surface area contributed by atoms with Crippen molar-refractivity contribution in [2.75, 3.05) is 18.5 Å². The monoisotopic (exact) mass is 219 g/mol. The summed E-state index contributed by atoms with van der Waals surface area (Å²) in [6, 6.07) is 7.81. The van der Waals surface area contributed by atoms with Crippen molar-refractivity contribution in [3.05, 3.63) is 29.8 Å². The topological polar surface area (TPSA) is 53.1 Å². The first kappa shape index (κ1) is 12.6. The van der Waals surface area contributed by atoms with E-state index in [-0.39, 0.29) is 5.84 Å². The van der Waals surface area contributed by atoms with E-state index in [9.17, 15) is 0 Å². The molecule has 1 aromatic rings. The van der Waals surface area contributed by atoms with Gasteiger partial charge in [-0.05, 0) is 18.6 Å². The Morgan fingerprint density at radius 3 is 2.62 bits per heavy atom. The van der Waals surface area contributed by atoms with Crippen LogP contribution in [-0.4, -0.2) is 19.4 Å². The maximum absolute atomic E-state index is 7.53. The molecule has 0 atom stereocenters. The molecule has 1 aromatic carbocycles. The van der Waals surface area contributed by atoms with Crippen LogP contribution in [0.4, 0.5) is 5.69 Å². The van der Waals surface area contributed by atoms with Gasteiger partial charge in [0, 0.05) is 24.8 Å². The summed E-state index contributed by atoms with van der Waals surface area (Å²) in [6.45, 7) is 3.21. The summed E-state index contributed by atoms with van der Waals surface area (Å²) >= 11 is 0. The van der Waals surface area contributed by atoms with Crippen LogP contribution >= 0.6 is 0 Å². The standard InChI is InChI=1S/C13H21N3/c1-3-4-7-10-16(2)12-9-6-5-8-11(12)13(14)15/h5-6,8-9H,3-4,7,10H2,1-2H3,(H3,14,15). The van der Waals surface area contributed by atoms with Crippen molar-refractivity contribution in [3.8, 4) is 0 Å². The number of nitrogens with two attached hydrogens (primary N) is 1. The SMILES string of the molecule is CCCCCN(C)c1ccccc1C(=N)N. The van der Waals surface area contributed by atoms with E-state index >= 15 is 0 Å². The Morgan fingerprint density at radius 1 is 1.31 bits per heavy atom. The van der Waals surface area contributed by atoms with Gasteiger partial charge in [0.25, 0.3) is 0 Å². The van der Waals surface area contributed by atoms with Crippen LogP contribution in [0.3, 0.4) is 0 Å². The van der Waals surface area contributed by atoms with Crippen LogP contribution in [0.1, 0.15) is 31.7 Å². The van der Waals surface area contributed by atoms with Gasteiger partial charge in [0.2, 0.25) is 0 Å². The van der Waals surface area contributed by atoms with Crippen molar-refractivity contribution in [1.29, 1.82) is 5.41 Å². The first-order valence-corrected chi connectivity index (χ1v) is 5.81. The highest BCUT2D eigenvalue weighted by Gasteiger charge is 2.08. The van der Waals surface area contributed by atoms with Crippen LogP contribution in [0.15, 0.2) is 24.3 Å². The first-order chi connectivity index (χ1) is 7.66. The normalized spacial score (nSPS) is 10.1. The molecule has 0 saturated heterocycles. The summed E-state index contributed by atoms with van der Waals surface area (Å²) in [4.78, 5) is 2.17. The van der Waals surface area contributed by atoms with E-state index in [1.807, 2.05) is 24.3 Å². The molecule has 0 aliphatic rings. The highest BCUT2D eigenvalue weighted by molar-refractivity contribution is 6.00. The third kappa shape index (κ3) is 3.26. The van der Waals surface area contributed by atoms with E-state index < -0.39 is 0 Å². The molecule has 1 rings (SSSR count). The highest BCUT2D eigenvalue weighted by atomic mass is 15.1. The van der Waals surface area contributed by atoms with Gasteiger partial charge in [-0.15, -0.1) is 0 Å². The Morgan fingerprint density at radius 2 is 2.00 bits per heavy atom. The number of hydrogen-bond donors (Lipinski definition) is 2. The maximum Gasteiger partial charge on any atom is 0.124 e. The van der Waals surface area contributed by atoms with Crippen molar-refractivity contribution in [1.82, 2.24) is 0 Å². The van der Waals surface area contributed by atoms with E-state index in [2.05, 4.69) is 18.9 Å². The Labute approximate surface area is 97.8 Å². The Bertz CT molecular complexity index is 347. The second-order valence-corrected chi connectivity index (χ2v) is 4.06. The predicted octanol–water partition coefficient (Wildman–Crippen LogP) is 2.60. The summed E-state index contributed by atoms with van der Waals surface area (Å²) in [5.74, 6) is 0.137. The molecule has 88 valence electrons. The Kier molecular flexibility index (Phi) is 4.83. The number of para-hydroxylation sites is 1. The predicted molar refractivity (Wildman–Crippen MR) is 70.3 cm³/mol. The zero-order valence-corrected chi connectivity index (χ0v) is 10.2. The fourth-order valence-corrected chi connectivity index (χ4v) is 1.75. The number of unbranched alkanes of at least 4 members (excludes halogenated alkanes) is 2. The quantitative estimate of drug-likeness (QED) is 0.439. The molecule has 0 fully saturated rings. The average molecular weight is 219 g/mol. The molecule has 0 aliphatic carbocycles. The van der Waals surface area contributed by atoms with Gasteiger partial charge in [0.1, 0.15) is 5.84 Å². The van der Waals surface area contributed by atoms with Crippen LogP contribution in [0, 0.1) is 5.41 Å². The molecule has 3 nitrogen and oxygen atoms in total. The van der Waals surface area contributed by atoms with E-state index in [1.165, 1.54) is 19.3 Å². The zero-order valence-electron chi connectivity index (χ0n) is 10.2. The lowest BCUT2D eigenvalue weighted by atomic mass is 10.1. The van der Waals surface area contributed by atoms with Gasteiger partial charge in [-0.2, -0.15) is 0 Å². The zero-order chi connectivity index (χ0) is 12.0. The third-order valence-electron chi connectivity index (χ3n) is 2.70. The summed E-state index contributed by atoms with van der Waals surface area (Å²) in [5, 5.41) is 7.53. The summed E-state index contributed by atoms with van der Waals surface area (Å²) < 4.78 is 0. The number of nitrogens with one attached hydrogen (secondary N) is 1. The first-order valence-electron chi connectivity index (χ1n) is 5.81. The van der Waals surface area contributed by atoms with Gasteiger partial charge in [0.15, 0.2) is 0 Å². The largest absolute Gasteiger partial charge is 0.384 e. The molecule has 3 N–H and O–H groups in total. The van der Waals surface area contributed by atoms with Gasteiger partial charge in [-0.25, -0.2) is 0 Å². The van der Waals surface area contributed by atoms with Crippen LogP contribution in [0.25, 0.3) is 0 Å². The fourth-order valence-electron chi connectivity index (χ4n) is 1.75.